The first-order chi connectivity index (χ1) is 14.6. The first kappa shape index (κ1) is 19.3. The standard InChI is InChI=1S/C25H28N2O3/c1-3-30-25(29)19-13-17-12-18-15-27(24(28)16-8-5-4-6-9-16)21-11-7-10-20(22(18)21)23(17)26(2)14-19/h4-11,17-19,23H,3,12-15H2,1-2H3. The van der Waals surface area contributed by atoms with Crippen molar-refractivity contribution in [2.45, 2.75) is 31.7 Å². The maximum absolute atomic E-state index is 13.2. The average Bonchev–Trinajstić information content (AvgIpc) is 3.13. The second-order valence-corrected chi connectivity index (χ2v) is 8.82. The molecule has 1 aliphatic carbocycles. The molecule has 1 amide bonds. The molecule has 1 fully saturated rings. The molecule has 0 spiro atoms. The van der Waals surface area contributed by atoms with Gasteiger partial charge < -0.3 is 9.64 Å². The van der Waals surface area contributed by atoms with Gasteiger partial charge in [0.1, 0.15) is 0 Å². The highest BCUT2D eigenvalue weighted by atomic mass is 16.5. The van der Waals surface area contributed by atoms with Crippen molar-refractivity contribution in [2.24, 2.45) is 11.8 Å². The number of benzene rings is 2. The highest BCUT2D eigenvalue weighted by Crippen LogP contribution is 2.54. The summed E-state index contributed by atoms with van der Waals surface area (Å²) in [5.41, 5.74) is 4.46. The van der Waals surface area contributed by atoms with E-state index in [1.807, 2.05) is 42.2 Å². The van der Waals surface area contributed by atoms with Crippen molar-refractivity contribution in [3.8, 4) is 0 Å². The van der Waals surface area contributed by atoms with Gasteiger partial charge in [0.15, 0.2) is 0 Å². The van der Waals surface area contributed by atoms with E-state index in [0.717, 1.165) is 37.2 Å². The topological polar surface area (TPSA) is 49.9 Å². The fourth-order valence-electron chi connectivity index (χ4n) is 5.94. The van der Waals surface area contributed by atoms with Crippen molar-refractivity contribution in [3.63, 3.8) is 0 Å². The zero-order valence-corrected chi connectivity index (χ0v) is 17.6. The number of hydrogen-bond donors (Lipinski definition) is 0. The Balaban J connectivity index is 1.47. The lowest BCUT2D eigenvalue weighted by Crippen LogP contribution is -2.46. The van der Waals surface area contributed by atoms with Crippen LogP contribution >= 0.6 is 0 Å². The first-order valence-electron chi connectivity index (χ1n) is 10.9. The number of carbonyl (C=O) groups excluding carboxylic acids is 2. The van der Waals surface area contributed by atoms with E-state index < -0.39 is 0 Å². The van der Waals surface area contributed by atoms with Crippen molar-refractivity contribution < 1.29 is 14.3 Å². The number of hydrogen-bond acceptors (Lipinski definition) is 4. The summed E-state index contributed by atoms with van der Waals surface area (Å²) >= 11 is 0. The largest absolute Gasteiger partial charge is 0.466 e. The summed E-state index contributed by atoms with van der Waals surface area (Å²) in [5, 5.41) is 0. The quantitative estimate of drug-likeness (QED) is 0.726. The number of amides is 1. The highest BCUT2D eigenvalue weighted by Gasteiger charge is 2.47. The second-order valence-electron chi connectivity index (χ2n) is 8.82. The van der Waals surface area contributed by atoms with Gasteiger partial charge in [-0.25, -0.2) is 0 Å². The molecule has 5 rings (SSSR count). The predicted molar refractivity (Wildman–Crippen MR) is 116 cm³/mol. The minimum atomic E-state index is -0.0744. The Morgan fingerprint density at radius 2 is 1.83 bits per heavy atom. The minimum absolute atomic E-state index is 0.0654. The summed E-state index contributed by atoms with van der Waals surface area (Å²) in [6.07, 6.45) is 1.87. The van der Waals surface area contributed by atoms with Crippen LogP contribution in [0.4, 0.5) is 5.69 Å². The molecule has 5 heteroatoms. The lowest BCUT2D eigenvalue weighted by atomic mass is 9.69. The molecule has 156 valence electrons. The van der Waals surface area contributed by atoms with Crippen LogP contribution in [0.2, 0.25) is 0 Å². The lowest BCUT2D eigenvalue weighted by molar-refractivity contribution is -0.151. The SMILES string of the molecule is CCOC(=O)C1CC2CC3CN(C(=O)c4ccccc4)c4cccc(c43)C2N(C)C1. The summed E-state index contributed by atoms with van der Waals surface area (Å²) in [4.78, 5) is 30.0. The molecular formula is C25H28N2O3. The van der Waals surface area contributed by atoms with Gasteiger partial charge in [-0.1, -0.05) is 30.3 Å². The molecule has 30 heavy (non-hydrogen) atoms. The maximum atomic E-state index is 13.2. The zero-order valence-electron chi connectivity index (χ0n) is 17.6. The van der Waals surface area contributed by atoms with Crippen LogP contribution in [-0.2, 0) is 9.53 Å². The van der Waals surface area contributed by atoms with E-state index in [0.29, 0.717) is 24.5 Å². The molecule has 5 nitrogen and oxygen atoms in total. The predicted octanol–water partition coefficient (Wildman–Crippen LogP) is 4.01. The molecule has 0 saturated carbocycles. The van der Waals surface area contributed by atoms with E-state index in [1.165, 1.54) is 11.1 Å². The minimum Gasteiger partial charge on any atom is -0.466 e. The third-order valence-electron chi connectivity index (χ3n) is 7.03. The van der Waals surface area contributed by atoms with E-state index in [9.17, 15) is 9.59 Å². The van der Waals surface area contributed by atoms with E-state index in [-0.39, 0.29) is 17.8 Å². The van der Waals surface area contributed by atoms with E-state index >= 15 is 0 Å². The summed E-state index contributed by atoms with van der Waals surface area (Å²) in [5.74, 6) is 0.662. The molecule has 1 saturated heterocycles. The van der Waals surface area contributed by atoms with Gasteiger partial charge in [-0.15, -0.1) is 0 Å². The summed E-state index contributed by atoms with van der Waals surface area (Å²) in [6, 6.07) is 16.2. The molecule has 4 unspecified atom stereocenters. The lowest BCUT2D eigenvalue weighted by Gasteiger charge is -2.46. The van der Waals surface area contributed by atoms with E-state index in [2.05, 4.69) is 30.1 Å². The third-order valence-corrected chi connectivity index (χ3v) is 7.03. The van der Waals surface area contributed by atoms with Gasteiger partial charge >= 0.3 is 5.97 Å². The molecule has 2 heterocycles. The molecule has 0 N–H and O–H groups in total. The average molecular weight is 405 g/mol. The summed E-state index contributed by atoms with van der Waals surface area (Å²) in [6.45, 7) is 3.74. The molecule has 2 aliphatic heterocycles. The monoisotopic (exact) mass is 404 g/mol. The number of anilines is 1. The van der Waals surface area contributed by atoms with Crippen molar-refractivity contribution in [3.05, 3.63) is 65.2 Å². The molecule has 2 aromatic carbocycles. The maximum Gasteiger partial charge on any atom is 0.310 e. The van der Waals surface area contributed by atoms with E-state index in [1.54, 1.807) is 0 Å². The van der Waals surface area contributed by atoms with Gasteiger partial charge in [0.2, 0.25) is 0 Å². The Bertz CT molecular complexity index is 974. The molecule has 4 atom stereocenters. The summed E-state index contributed by atoms with van der Waals surface area (Å²) in [7, 11) is 2.12. The fourth-order valence-corrected chi connectivity index (χ4v) is 5.94. The number of rotatable bonds is 3. The molecule has 0 radical (unpaired) electrons. The van der Waals surface area contributed by atoms with Gasteiger partial charge in [0.25, 0.3) is 5.91 Å². The van der Waals surface area contributed by atoms with Gasteiger partial charge in [-0.2, -0.15) is 0 Å². The van der Waals surface area contributed by atoms with Crippen LogP contribution in [0.25, 0.3) is 0 Å². The first-order valence-corrected chi connectivity index (χ1v) is 10.9. The number of esters is 1. The van der Waals surface area contributed by atoms with Crippen LogP contribution in [0.5, 0.6) is 0 Å². The summed E-state index contributed by atoms with van der Waals surface area (Å²) < 4.78 is 5.32. The van der Waals surface area contributed by atoms with Crippen LogP contribution in [0.3, 0.4) is 0 Å². The van der Waals surface area contributed by atoms with Gasteiger partial charge in [-0.3, -0.25) is 14.5 Å². The number of carbonyl (C=O) groups is 2. The van der Waals surface area contributed by atoms with Crippen LogP contribution in [-0.4, -0.2) is 43.5 Å². The number of fused-ring (bicyclic) bond motifs is 2. The number of nitrogens with zero attached hydrogens (tertiary/aromatic N) is 2. The number of ether oxygens (including phenoxy) is 1. The van der Waals surface area contributed by atoms with Crippen LogP contribution in [0.1, 0.15) is 53.2 Å². The Morgan fingerprint density at radius 3 is 2.60 bits per heavy atom. The zero-order chi connectivity index (χ0) is 20.8. The van der Waals surface area contributed by atoms with Crippen molar-refractivity contribution >= 4 is 17.6 Å². The van der Waals surface area contributed by atoms with E-state index in [4.69, 9.17) is 4.74 Å². The van der Waals surface area contributed by atoms with Crippen LogP contribution in [0.15, 0.2) is 48.5 Å². The number of piperidine rings is 1. The van der Waals surface area contributed by atoms with Gasteiger partial charge in [0.05, 0.1) is 12.5 Å². The normalized spacial score (nSPS) is 27.3. The van der Waals surface area contributed by atoms with Crippen LogP contribution in [0, 0.1) is 11.8 Å². The Kier molecular flexibility index (Phi) is 4.86. The van der Waals surface area contributed by atoms with Crippen molar-refractivity contribution in [2.75, 3.05) is 31.6 Å². The Morgan fingerprint density at radius 1 is 1.03 bits per heavy atom. The van der Waals surface area contributed by atoms with Crippen LogP contribution < -0.4 is 4.90 Å². The second kappa shape index (κ2) is 7.55. The smallest absolute Gasteiger partial charge is 0.310 e. The Labute approximate surface area is 177 Å². The molecule has 3 aliphatic rings. The molecule has 2 aromatic rings. The third kappa shape index (κ3) is 3.03. The highest BCUT2D eigenvalue weighted by molar-refractivity contribution is 6.07. The van der Waals surface area contributed by atoms with Crippen molar-refractivity contribution in [1.29, 1.82) is 0 Å². The fraction of sp³-hybridized carbons (Fsp3) is 0.440. The van der Waals surface area contributed by atoms with Gasteiger partial charge in [-0.05, 0) is 62.1 Å². The molecule has 0 aromatic heterocycles. The number of likely N-dealkylation sites (tertiary alicyclic amines) is 1. The Hall–Kier alpha value is -2.66. The molecular weight excluding hydrogens is 376 g/mol. The van der Waals surface area contributed by atoms with Crippen molar-refractivity contribution in [1.82, 2.24) is 4.90 Å². The molecule has 0 bridgehead atoms. The van der Waals surface area contributed by atoms with Gasteiger partial charge in [0, 0.05) is 36.3 Å².